The Morgan fingerprint density at radius 1 is 1.50 bits per heavy atom. The monoisotopic (exact) mass is 177 g/mol. The molecule has 0 bridgehead atoms. The fourth-order valence-corrected chi connectivity index (χ4v) is 0.367. The number of carbonyl (C=O) groups excluding carboxylic acids is 1. The highest BCUT2D eigenvalue weighted by molar-refractivity contribution is 5.86. The van der Waals surface area contributed by atoms with E-state index in [9.17, 15) is 4.79 Å². The van der Waals surface area contributed by atoms with Crippen LogP contribution in [-0.4, -0.2) is 31.3 Å². The van der Waals surface area contributed by atoms with Gasteiger partial charge in [-0.25, -0.2) is 4.79 Å². The van der Waals surface area contributed by atoms with Gasteiger partial charge in [-0.15, -0.1) is 4.65 Å². The lowest BCUT2D eigenvalue weighted by Gasteiger charge is -2.23. The number of hydrogen-bond donors (Lipinski definition) is 0. The maximum absolute atomic E-state index is 11.0. The number of nitrogens with zero attached hydrogens (tertiary/aromatic N) is 1. The van der Waals surface area contributed by atoms with Crippen molar-refractivity contribution in [1.82, 2.24) is 0 Å². The average molecular weight is 177 g/mol. The highest BCUT2D eigenvalue weighted by Crippen LogP contribution is 2.02. The van der Waals surface area contributed by atoms with Crippen molar-refractivity contribution in [2.45, 2.75) is 13.8 Å². The molecule has 0 N–H and O–H groups in total. The molecule has 0 aliphatic heterocycles. The molecular formula is C8H16FNO2. The van der Waals surface area contributed by atoms with Crippen LogP contribution in [0, 0.1) is 0 Å². The normalized spacial score (nSPS) is 10.0. The molecule has 0 aliphatic carbocycles. The van der Waals surface area contributed by atoms with Crippen molar-refractivity contribution in [3.8, 4) is 0 Å². The van der Waals surface area contributed by atoms with E-state index in [0.717, 1.165) is 6.54 Å². The van der Waals surface area contributed by atoms with Gasteiger partial charge in [0.1, 0.15) is 20.6 Å². The Balaban J connectivity index is 0. The minimum Gasteiger partial charge on any atom is -1.00 e. The van der Waals surface area contributed by atoms with Gasteiger partial charge in [0.05, 0.1) is 0 Å². The Labute approximate surface area is 72.5 Å². The molecule has 0 saturated heterocycles. The van der Waals surface area contributed by atoms with Crippen molar-refractivity contribution in [1.29, 1.82) is 0 Å². The van der Waals surface area contributed by atoms with E-state index in [4.69, 9.17) is 4.84 Å². The Kier molecular flexibility index (Phi) is 5.55. The van der Waals surface area contributed by atoms with Gasteiger partial charge in [0.2, 0.25) is 0 Å². The summed E-state index contributed by atoms with van der Waals surface area (Å²) in [5.41, 5.74) is 0.435. The third kappa shape index (κ3) is 4.85. The number of hydroxylamine groups is 3. The lowest BCUT2D eigenvalue weighted by molar-refractivity contribution is -1.06. The van der Waals surface area contributed by atoms with E-state index < -0.39 is 0 Å². The van der Waals surface area contributed by atoms with Crippen LogP contribution >= 0.6 is 0 Å². The summed E-state index contributed by atoms with van der Waals surface area (Å²) in [6.07, 6.45) is 0. The predicted molar refractivity (Wildman–Crippen MR) is 43.6 cm³/mol. The first-order valence-corrected chi connectivity index (χ1v) is 3.61. The zero-order chi connectivity index (χ0) is 9.07. The van der Waals surface area contributed by atoms with Gasteiger partial charge < -0.3 is 4.70 Å². The molecule has 0 saturated carbocycles. The van der Waals surface area contributed by atoms with E-state index in [1.807, 2.05) is 21.0 Å². The summed E-state index contributed by atoms with van der Waals surface area (Å²) in [4.78, 5) is 16.0. The molecule has 0 radical (unpaired) electrons. The van der Waals surface area contributed by atoms with Crippen LogP contribution in [0.3, 0.4) is 0 Å². The molecule has 12 heavy (non-hydrogen) atoms. The number of halogens is 1. The van der Waals surface area contributed by atoms with E-state index >= 15 is 0 Å². The second kappa shape index (κ2) is 4.87. The van der Waals surface area contributed by atoms with Crippen LogP contribution in [0.25, 0.3) is 0 Å². The van der Waals surface area contributed by atoms with Crippen LogP contribution in [0.4, 0.5) is 0 Å². The standard InChI is InChI=1S/C8H16NO2.FH/c1-6-9(4,5)11-8(10)7(2)3;/h2,6H2,1,3-5H3;1H/q+1;/p-1. The van der Waals surface area contributed by atoms with Crippen molar-refractivity contribution in [2.24, 2.45) is 0 Å². The lowest BCUT2D eigenvalue weighted by atomic mass is 10.4. The fraction of sp³-hybridized carbons (Fsp3) is 0.625. The maximum Gasteiger partial charge on any atom is 0.392 e. The first-order valence-electron chi connectivity index (χ1n) is 3.61. The molecule has 0 aliphatic rings. The van der Waals surface area contributed by atoms with Gasteiger partial charge in [-0.3, -0.25) is 4.84 Å². The molecule has 0 atom stereocenters. The summed E-state index contributed by atoms with van der Waals surface area (Å²) in [6, 6.07) is 0. The molecule has 3 nitrogen and oxygen atoms in total. The summed E-state index contributed by atoms with van der Waals surface area (Å²) in [5, 5.41) is 0. The molecule has 0 spiro atoms. The number of quaternary nitrogens is 1. The van der Waals surface area contributed by atoms with Gasteiger partial charge in [-0.2, -0.15) is 0 Å². The van der Waals surface area contributed by atoms with Crippen LogP contribution in [0.1, 0.15) is 13.8 Å². The van der Waals surface area contributed by atoms with Gasteiger partial charge in [-0.1, -0.05) is 6.58 Å². The zero-order valence-electron chi connectivity index (χ0n) is 8.06. The second-order valence-corrected chi connectivity index (χ2v) is 3.05. The van der Waals surface area contributed by atoms with Crippen LogP contribution < -0.4 is 4.70 Å². The third-order valence-electron chi connectivity index (χ3n) is 1.44. The SMILES string of the molecule is C=C(C)C(=O)O[N+](C)(C)CC.[F-]. The van der Waals surface area contributed by atoms with Gasteiger partial charge in [0.25, 0.3) is 0 Å². The molecule has 0 fully saturated rings. The first-order chi connectivity index (χ1) is 4.89. The first kappa shape index (κ1) is 13.7. The highest BCUT2D eigenvalue weighted by Gasteiger charge is 2.19. The number of hydrogen-bond acceptors (Lipinski definition) is 2. The molecule has 0 aromatic rings. The molecule has 0 amide bonds. The van der Waals surface area contributed by atoms with Crippen LogP contribution in [-0.2, 0) is 9.63 Å². The van der Waals surface area contributed by atoms with Crippen LogP contribution in [0.15, 0.2) is 12.2 Å². The summed E-state index contributed by atoms with van der Waals surface area (Å²) in [6.45, 7) is 7.82. The van der Waals surface area contributed by atoms with E-state index in [2.05, 4.69) is 6.58 Å². The maximum atomic E-state index is 11.0. The Hall–Kier alpha value is -0.900. The highest BCUT2D eigenvalue weighted by atomic mass is 19.0. The summed E-state index contributed by atoms with van der Waals surface area (Å²) in [5.74, 6) is -0.336. The van der Waals surface area contributed by atoms with Crippen molar-refractivity contribution in [2.75, 3.05) is 20.6 Å². The van der Waals surface area contributed by atoms with Gasteiger partial charge in [0.15, 0.2) is 0 Å². The van der Waals surface area contributed by atoms with Crippen LogP contribution in [0.5, 0.6) is 0 Å². The quantitative estimate of drug-likeness (QED) is 0.286. The van der Waals surface area contributed by atoms with Gasteiger partial charge in [-0.05, 0) is 13.8 Å². The third-order valence-corrected chi connectivity index (χ3v) is 1.44. The largest absolute Gasteiger partial charge is 1.00 e. The Morgan fingerprint density at radius 2 is 1.92 bits per heavy atom. The van der Waals surface area contributed by atoms with Gasteiger partial charge >= 0.3 is 5.97 Å². The van der Waals surface area contributed by atoms with E-state index in [-0.39, 0.29) is 15.3 Å². The molecule has 4 heteroatoms. The van der Waals surface area contributed by atoms with Crippen molar-refractivity contribution >= 4 is 5.97 Å². The zero-order valence-corrected chi connectivity index (χ0v) is 8.06. The molecule has 0 rings (SSSR count). The number of carbonyl (C=O) groups is 1. The number of rotatable bonds is 3. The molecule has 0 heterocycles. The minimum atomic E-state index is -0.336. The molecule has 72 valence electrons. The van der Waals surface area contributed by atoms with Gasteiger partial charge in [0, 0.05) is 5.57 Å². The van der Waals surface area contributed by atoms with Crippen molar-refractivity contribution < 1.29 is 19.0 Å². The average Bonchev–Trinajstić information content (AvgIpc) is 1.87. The minimum absolute atomic E-state index is 0. The van der Waals surface area contributed by atoms with E-state index in [1.165, 1.54) is 0 Å². The van der Waals surface area contributed by atoms with Crippen molar-refractivity contribution in [3.05, 3.63) is 12.2 Å². The van der Waals surface area contributed by atoms with Crippen LogP contribution in [0.2, 0.25) is 0 Å². The summed E-state index contributed by atoms with van der Waals surface area (Å²) >= 11 is 0. The predicted octanol–water partition coefficient (Wildman–Crippen LogP) is -1.88. The molecule has 0 aromatic carbocycles. The second-order valence-electron chi connectivity index (χ2n) is 3.05. The molecular weight excluding hydrogens is 161 g/mol. The van der Waals surface area contributed by atoms with Crippen molar-refractivity contribution in [3.63, 3.8) is 0 Å². The topological polar surface area (TPSA) is 26.3 Å². The Morgan fingerprint density at radius 3 is 2.17 bits per heavy atom. The summed E-state index contributed by atoms with van der Waals surface area (Å²) < 4.78 is 0.242. The van der Waals surface area contributed by atoms with E-state index in [1.54, 1.807) is 6.92 Å². The fourth-order valence-electron chi connectivity index (χ4n) is 0.367. The Bertz CT molecular complexity index is 178. The lowest BCUT2D eigenvalue weighted by Crippen LogP contribution is -3.00. The molecule has 0 unspecified atom stereocenters. The summed E-state index contributed by atoms with van der Waals surface area (Å²) in [7, 11) is 3.64. The molecule has 0 aromatic heterocycles. The smallest absolute Gasteiger partial charge is 0.392 e. The van der Waals surface area contributed by atoms with E-state index in [0.29, 0.717) is 5.57 Å².